The van der Waals surface area contributed by atoms with Crippen LogP contribution in [0.5, 0.6) is 0 Å². The molecule has 2 fully saturated rings. The van der Waals surface area contributed by atoms with E-state index in [1.165, 1.54) is 11.3 Å². The van der Waals surface area contributed by atoms with Crippen LogP contribution in [0.15, 0.2) is 71.0 Å². The lowest BCUT2D eigenvalue weighted by molar-refractivity contribution is -0.136. The first-order valence-corrected chi connectivity index (χ1v) is 21.0. The van der Waals surface area contributed by atoms with E-state index in [1.54, 1.807) is 28.4 Å². The average molecular weight is 813 g/mol. The molecule has 15 nitrogen and oxygen atoms in total. The van der Waals surface area contributed by atoms with Gasteiger partial charge in [-0.25, -0.2) is 4.98 Å². The fourth-order valence-electron chi connectivity index (χ4n) is 7.66. The Hall–Kier alpha value is -5.20. The zero-order valence-electron chi connectivity index (χ0n) is 31.4. The molecule has 3 aromatic heterocycles. The molecule has 2 aliphatic rings. The molecular formula is C40H48N10O5S2. The Morgan fingerprint density at radius 3 is 2.04 bits per heavy atom. The SMILES string of the molecule is NC(=O)C1(NC(=O)[C@H](Cc2cscn2)NC(=O)[C@@H](Cc2c[nH]c3ccccc23)NC(=O)[C@@H](Cc2csc3ccccc23)NC(=O)C2(N)CCNCC2)CCNCC1. The second kappa shape index (κ2) is 17.5. The quantitative estimate of drug-likeness (QED) is 0.0736. The topological polar surface area (TPSA) is 238 Å². The summed E-state index contributed by atoms with van der Waals surface area (Å²) in [5.41, 5.74) is 14.7. The first-order valence-electron chi connectivity index (χ1n) is 19.1. The minimum atomic E-state index is -1.29. The number of para-hydroxylation sites is 1. The van der Waals surface area contributed by atoms with Gasteiger partial charge in [0.05, 0.1) is 16.7 Å². The summed E-state index contributed by atoms with van der Waals surface area (Å²) >= 11 is 2.89. The van der Waals surface area contributed by atoms with Crippen molar-refractivity contribution in [3.8, 4) is 0 Å². The summed E-state index contributed by atoms with van der Waals surface area (Å²) < 4.78 is 1.04. The van der Waals surface area contributed by atoms with Gasteiger partial charge in [0.1, 0.15) is 23.7 Å². The summed E-state index contributed by atoms with van der Waals surface area (Å²) in [5.74, 6) is -2.92. The molecule has 0 radical (unpaired) electrons. The second-order valence-corrected chi connectivity index (χ2v) is 16.6. The van der Waals surface area contributed by atoms with E-state index in [4.69, 9.17) is 11.5 Å². The molecule has 0 saturated carbocycles. The van der Waals surface area contributed by atoms with E-state index < -0.39 is 58.7 Å². The van der Waals surface area contributed by atoms with Gasteiger partial charge in [-0.2, -0.15) is 0 Å². The largest absolute Gasteiger partial charge is 0.368 e. The monoisotopic (exact) mass is 812 g/mol. The van der Waals surface area contributed by atoms with Crippen molar-refractivity contribution in [2.75, 3.05) is 26.2 Å². The minimum absolute atomic E-state index is 0.0271. The van der Waals surface area contributed by atoms with Gasteiger partial charge in [-0.3, -0.25) is 24.0 Å². The number of nitrogens with two attached hydrogens (primary N) is 2. The third-order valence-corrected chi connectivity index (χ3v) is 12.8. The lowest BCUT2D eigenvalue weighted by Gasteiger charge is -2.36. The summed E-state index contributed by atoms with van der Waals surface area (Å²) in [5, 5.41) is 23.6. The minimum Gasteiger partial charge on any atom is -0.368 e. The normalized spacial score (nSPS) is 17.9. The predicted molar refractivity (Wildman–Crippen MR) is 220 cm³/mol. The van der Waals surface area contributed by atoms with Gasteiger partial charge in [0, 0.05) is 46.4 Å². The summed E-state index contributed by atoms with van der Waals surface area (Å²) in [6, 6.07) is 12.0. The maximum atomic E-state index is 14.6. The number of nitrogens with zero attached hydrogens (tertiary/aromatic N) is 1. The zero-order chi connectivity index (χ0) is 40.0. The molecule has 2 aliphatic heterocycles. The highest BCUT2D eigenvalue weighted by Crippen LogP contribution is 2.27. The van der Waals surface area contributed by atoms with Crippen LogP contribution in [0.4, 0.5) is 0 Å². The van der Waals surface area contributed by atoms with Crippen LogP contribution < -0.4 is 43.4 Å². The fourth-order valence-corrected chi connectivity index (χ4v) is 9.21. The van der Waals surface area contributed by atoms with Crippen molar-refractivity contribution in [1.29, 1.82) is 0 Å². The molecule has 3 atom stereocenters. The standard InChI is InChI=1S/C40H48N10O5S2/c41-37(54)40(11-15-44-16-12-40)50-36(53)32(19-26-22-56-23-46-26)48-34(51)30(17-24-20-45-29-7-3-1-5-27(24)29)47-35(52)31(49-38(55)39(42)9-13-43-14-10-39)18-25-21-57-33-8-4-2-6-28(25)33/h1-8,20-23,30-32,43-45H,9-19,42H2,(H2,41,54)(H,47,52)(H,48,51)(H,49,55)(H,50,53)/t30-,31-,32+/m1/s1. The molecule has 5 amide bonds. The number of H-pyrrole nitrogens is 1. The van der Waals surface area contributed by atoms with Crippen molar-refractivity contribution in [2.45, 2.75) is 74.1 Å². The Morgan fingerprint density at radius 1 is 0.737 bits per heavy atom. The molecule has 300 valence electrons. The lowest BCUT2D eigenvalue weighted by Crippen LogP contribution is -2.65. The average Bonchev–Trinajstić information content (AvgIpc) is 3.98. The molecule has 5 heterocycles. The van der Waals surface area contributed by atoms with Gasteiger partial charge in [-0.05, 0) is 85.9 Å². The van der Waals surface area contributed by atoms with E-state index in [0.717, 1.165) is 32.1 Å². The highest BCUT2D eigenvalue weighted by molar-refractivity contribution is 7.17. The predicted octanol–water partition coefficient (Wildman–Crippen LogP) is 1.13. The molecule has 0 spiro atoms. The molecule has 2 saturated heterocycles. The van der Waals surface area contributed by atoms with E-state index in [0.29, 0.717) is 44.7 Å². The number of hydrogen-bond acceptors (Lipinski definition) is 11. The molecule has 11 N–H and O–H groups in total. The van der Waals surface area contributed by atoms with E-state index >= 15 is 0 Å². The summed E-state index contributed by atoms with van der Waals surface area (Å²) in [6.45, 7) is 2.09. The van der Waals surface area contributed by atoms with E-state index in [1.807, 2.05) is 53.9 Å². The maximum Gasteiger partial charge on any atom is 0.243 e. The van der Waals surface area contributed by atoms with Gasteiger partial charge in [0.15, 0.2) is 0 Å². The van der Waals surface area contributed by atoms with Crippen LogP contribution in [0.1, 0.15) is 42.5 Å². The van der Waals surface area contributed by atoms with Crippen LogP contribution in [-0.4, -0.2) is 94.9 Å². The number of thiophene rings is 1. The molecule has 0 aliphatic carbocycles. The van der Waals surface area contributed by atoms with Crippen molar-refractivity contribution in [1.82, 2.24) is 41.9 Å². The molecule has 5 aromatic rings. The van der Waals surface area contributed by atoms with Crippen molar-refractivity contribution < 1.29 is 24.0 Å². The number of primary amides is 1. The van der Waals surface area contributed by atoms with Gasteiger partial charge in [-0.15, -0.1) is 22.7 Å². The van der Waals surface area contributed by atoms with Crippen molar-refractivity contribution in [2.24, 2.45) is 11.5 Å². The number of carbonyl (C=O) groups is 5. The second-order valence-electron chi connectivity index (χ2n) is 14.9. The third kappa shape index (κ3) is 9.18. The number of benzene rings is 2. The Balaban J connectivity index is 1.19. The molecule has 57 heavy (non-hydrogen) atoms. The van der Waals surface area contributed by atoms with Crippen LogP contribution in [0, 0.1) is 0 Å². The van der Waals surface area contributed by atoms with Gasteiger partial charge in [0.2, 0.25) is 29.5 Å². The number of fused-ring (bicyclic) bond motifs is 2. The highest BCUT2D eigenvalue weighted by atomic mass is 32.1. The Kier molecular flexibility index (Phi) is 12.3. The van der Waals surface area contributed by atoms with Crippen LogP contribution in [0.2, 0.25) is 0 Å². The molecule has 0 bridgehead atoms. The van der Waals surface area contributed by atoms with Crippen molar-refractivity contribution >= 4 is 73.2 Å². The van der Waals surface area contributed by atoms with Crippen molar-refractivity contribution in [3.63, 3.8) is 0 Å². The molecule has 2 aromatic carbocycles. The van der Waals surface area contributed by atoms with E-state index in [2.05, 4.69) is 41.9 Å². The van der Waals surface area contributed by atoms with Crippen LogP contribution in [0.3, 0.4) is 0 Å². The van der Waals surface area contributed by atoms with E-state index in [-0.39, 0.29) is 32.1 Å². The Morgan fingerprint density at radius 2 is 1.35 bits per heavy atom. The molecule has 7 rings (SSSR count). The number of amides is 5. The van der Waals surface area contributed by atoms with Crippen LogP contribution >= 0.6 is 22.7 Å². The number of rotatable bonds is 15. The maximum absolute atomic E-state index is 14.6. The number of thiazole rings is 1. The lowest BCUT2D eigenvalue weighted by atomic mass is 9.87. The van der Waals surface area contributed by atoms with Crippen LogP contribution in [0.25, 0.3) is 21.0 Å². The number of piperidine rings is 2. The summed E-state index contributed by atoms with van der Waals surface area (Å²) in [4.78, 5) is 77.4. The highest BCUT2D eigenvalue weighted by Gasteiger charge is 2.42. The van der Waals surface area contributed by atoms with Gasteiger partial charge in [-0.1, -0.05) is 36.4 Å². The number of carbonyl (C=O) groups excluding carboxylic acids is 5. The van der Waals surface area contributed by atoms with Gasteiger partial charge >= 0.3 is 0 Å². The first kappa shape index (κ1) is 40.0. The number of aromatic amines is 1. The third-order valence-electron chi connectivity index (χ3n) is 11.1. The van der Waals surface area contributed by atoms with Gasteiger partial charge < -0.3 is 48.4 Å². The first-order chi connectivity index (χ1) is 27.5. The smallest absolute Gasteiger partial charge is 0.243 e. The Bertz CT molecular complexity index is 2220. The number of aromatic nitrogens is 2. The van der Waals surface area contributed by atoms with E-state index in [9.17, 15) is 24.0 Å². The number of hydrogen-bond donors (Lipinski definition) is 9. The summed E-state index contributed by atoms with van der Waals surface area (Å²) in [6.07, 6.45) is 3.39. The fraction of sp³-hybridized carbons (Fsp3) is 0.400. The summed E-state index contributed by atoms with van der Waals surface area (Å²) in [7, 11) is 0. The van der Waals surface area contributed by atoms with Gasteiger partial charge in [0.25, 0.3) is 0 Å². The zero-order valence-corrected chi connectivity index (χ0v) is 33.0. The van der Waals surface area contributed by atoms with Crippen molar-refractivity contribution in [3.05, 3.63) is 87.8 Å². The van der Waals surface area contributed by atoms with Crippen LogP contribution in [-0.2, 0) is 43.2 Å². The number of nitrogens with one attached hydrogen (secondary N) is 7. The Labute approximate surface area is 337 Å². The molecule has 0 unspecified atom stereocenters. The molecule has 17 heteroatoms. The molecular weight excluding hydrogens is 765 g/mol.